The topological polar surface area (TPSA) is 76.8 Å². The summed E-state index contributed by atoms with van der Waals surface area (Å²) in [6, 6.07) is 20.9. The lowest BCUT2D eigenvalue weighted by molar-refractivity contribution is -0.141. The fourth-order valence-corrected chi connectivity index (χ4v) is 3.78. The molecule has 7 heteroatoms. The van der Waals surface area contributed by atoms with Crippen molar-refractivity contribution in [3.63, 3.8) is 0 Å². The highest BCUT2D eigenvalue weighted by Gasteiger charge is 2.25. The Hall–Kier alpha value is -4.00. The second-order valence-electron chi connectivity index (χ2n) is 8.55. The van der Waals surface area contributed by atoms with Crippen LogP contribution in [-0.2, 0) is 14.9 Å². The van der Waals surface area contributed by atoms with Gasteiger partial charge in [0.2, 0.25) is 0 Å². The van der Waals surface area contributed by atoms with Crippen molar-refractivity contribution in [2.45, 2.75) is 25.7 Å². The van der Waals surface area contributed by atoms with Crippen LogP contribution in [0.1, 0.15) is 36.2 Å². The maximum absolute atomic E-state index is 13.2. The van der Waals surface area contributed by atoms with Gasteiger partial charge in [-0.05, 0) is 17.7 Å². The molecule has 4 rings (SSSR count). The first-order valence-electron chi connectivity index (χ1n) is 10.7. The largest absolute Gasteiger partial charge is 0.469 e. The van der Waals surface area contributed by atoms with Gasteiger partial charge in [-0.1, -0.05) is 56.3 Å². The number of fused-ring (bicyclic) bond motifs is 1. The van der Waals surface area contributed by atoms with Crippen molar-refractivity contribution in [3.8, 4) is 11.3 Å². The van der Waals surface area contributed by atoms with E-state index in [9.17, 15) is 9.59 Å². The Morgan fingerprint density at radius 3 is 2.39 bits per heavy atom. The smallest absolute Gasteiger partial charge is 0.306 e. The highest BCUT2D eigenvalue weighted by molar-refractivity contribution is 6.05. The predicted molar refractivity (Wildman–Crippen MR) is 127 cm³/mol. The minimum atomic E-state index is -0.403. The molecule has 0 spiro atoms. The van der Waals surface area contributed by atoms with Gasteiger partial charge in [0.1, 0.15) is 5.82 Å². The van der Waals surface area contributed by atoms with Crippen molar-refractivity contribution in [2.24, 2.45) is 0 Å². The highest BCUT2D eigenvalue weighted by Crippen LogP contribution is 2.29. The van der Waals surface area contributed by atoms with Crippen LogP contribution in [0.2, 0.25) is 0 Å². The van der Waals surface area contributed by atoms with Gasteiger partial charge in [-0.2, -0.15) is 5.10 Å². The molecule has 2 aromatic heterocycles. The Morgan fingerprint density at radius 1 is 1.03 bits per heavy atom. The van der Waals surface area contributed by atoms with Crippen LogP contribution in [0.4, 0.5) is 5.82 Å². The SMILES string of the molecule is COC(=O)CC(C)(C)c1ccc(C(=O)N(C)c2cc(-c3ccccc3)n3nccc3n2)cc1. The number of anilines is 1. The lowest BCUT2D eigenvalue weighted by Gasteiger charge is -2.24. The van der Waals surface area contributed by atoms with E-state index in [0.717, 1.165) is 16.8 Å². The zero-order chi connectivity index (χ0) is 23.6. The molecular formula is C26H26N4O3. The first-order valence-corrected chi connectivity index (χ1v) is 10.7. The van der Waals surface area contributed by atoms with E-state index in [2.05, 4.69) is 10.1 Å². The number of aromatic nitrogens is 3. The molecule has 0 saturated carbocycles. The first kappa shape index (κ1) is 22.2. The van der Waals surface area contributed by atoms with Gasteiger partial charge in [0.05, 0.1) is 25.4 Å². The molecule has 0 saturated heterocycles. The van der Waals surface area contributed by atoms with E-state index in [0.29, 0.717) is 17.0 Å². The fraction of sp³-hybridized carbons (Fsp3) is 0.231. The summed E-state index contributed by atoms with van der Waals surface area (Å²) in [5, 5.41) is 4.38. The third-order valence-electron chi connectivity index (χ3n) is 5.79. The third-order valence-corrected chi connectivity index (χ3v) is 5.79. The molecule has 33 heavy (non-hydrogen) atoms. The van der Waals surface area contributed by atoms with E-state index in [4.69, 9.17) is 4.74 Å². The van der Waals surface area contributed by atoms with Gasteiger partial charge in [0.15, 0.2) is 5.65 Å². The second kappa shape index (κ2) is 8.86. The number of carbonyl (C=O) groups is 2. The quantitative estimate of drug-likeness (QED) is 0.411. The van der Waals surface area contributed by atoms with Gasteiger partial charge in [-0.3, -0.25) is 14.5 Å². The molecule has 0 fully saturated rings. The summed E-state index contributed by atoms with van der Waals surface area (Å²) in [5.74, 6) is 0.0834. The van der Waals surface area contributed by atoms with Crippen LogP contribution >= 0.6 is 0 Å². The summed E-state index contributed by atoms with van der Waals surface area (Å²) < 4.78 is 6.56. The molecule has 7 nitrogen and oxygen atoms in total. The molecule has 0 bridgehead atoms. The third kappa shape index (κ3) is 4.48. The van der Waals surface area contributed by atoms with Crippen LogP contribution in [0.15, 0.2) is 72.9 Å². The summed E-state index contributed by atoms with van der Waals surface area (Å²) in [4.78, 5) is 31.1. The van der Waals surface area contributed by atoms with E-state index in [1.165, 1.54) is 12.0 Å². The number of ether oxygens (including phenoxy) is 1. The molecule has 2 heterocycles. The van der Waals surface area contributed by atoms with Crippen LogP contribution < -0.4 is 4.90 Å². The maximum Gasteiger partial charge on any atom is 0.306 e. The summed E-state index contributed by atoms with van der Waals surface area (Å²) in [7, 11) is 3.09. The number of hydrogen-bond acceptors (Lipinski definition) is 5. The van der Waals surface area contributed by atoms with E-state index in [1.807, 2.05) is 68.4 Å². The second-order valence-corrected chi connectivity index (χ2v) is 8.55. The standard InChI is InChI=1S/C26H26N4O3/c1-26(2,17-24(31)33-4)20-12-10-19(11-13-20)25(32)29(3)23-16-21(18-8-6-5-7-9-18)30-22(28-23)14-15-27-30/h5-16H,17H2,1-4H3. The number of esters is 1. The van der Waals surface area contributed by atoms with Crippen LogP contribution in [-0.4, -0.2) is 40.6 Å². The van der Waals surface area contributed by atoms with Crippen LogP contribution in [0.25, 0.3) is 16.9 Å². The van der Waals surface area contributed by atoms with Crippen LogP contribution in [0.3, 0.4) is 0 Å². The van der Waals surface area contributed by atoms with Gasteiger partial charge in [-0.15, -0.1) is 0 Å². The van der Waals surface area contributed by atoms with Crippen LogP contribution in [0.5, 0.6) is 0 Å². The Morgan fingerprint density at radius 2 is 1.73 bits per heavy atom. The number of hydrogen-bond donors (Lipinski definition) is 0. The maximum atomic E-state index is 13.2. The zero-order valence-electron chi connectivity index (χ0n) is 19.1. The van der Waals surface area contributed by atoms with Crippen molar-refractivity contribution in [3.05, 3.63) is 84.1 Å². The van der Waals surface area contributed by atoms with Gasteiger partial charge < -0.3 is 4.74 Å². The monoisotopic (exact) mass is 442 g/mol. The fourth-order valence-electron chi connectivity index (χ4n) is 3.78. The van der Waals surface area contributed by atoms with Crippen molar-refractivity contribution in [1.29, 1.82) is 0 Å². The van der Waals surface area contributed by atoms with Gasteiger partial charge >= 0.3 is 5.97 Å². The lowest BCUT2D eigenvalue weighted by atomic mass is 9.81. The lowest BCUT2D eigenvalue weighted by Crippen LogP contribution is -2.28. The summed E-state index contributed by atoms with van der Waals surface area (Å²) in [6.45, 7) is 3.95. The predicted octanol–water partition coefficient (Wildman–Crippen LogP) is 4.51. The number of carbonyl (C=O) groups excluding carboxylic acids is 2. The normalized spacial score (nSPS) is 11.4. The average molecular weight is 443 g/mol. The number of methoxy groups -OCH3 is 1. The Labute approximate surface area is 192 Å². The summed E-state index contributed by atoms with van der Waals surface area (Å²) in [6.07, 6.45) is 1.95. The molecule has 4 aromatic rings. The molecule has 0 N–H and O–H groups in total. The number of rotatable bonds is 6. The number of amides is 1. The summed E-state index contributed by atoms with van der Waals surface area (Å²) >= 11 is 0. The molecule has 0 aliphatic rings. The Kier molecular flexibility index (Phi) is 5.96. The molecular weight excluding hydrogens is 416 g/mol. The van der Waals surface area contributed by atoms with Crippen molar-refractivity contribution >= 4 is 23.3 Å². The van der Waals surface area contributed by atoms with E-state index in [1.54, 1.807) is 29.9 Å². The molecule has 0 unspecified atom stereocenters. The molecule has 0 atom stereocenters. The van der Waals surface area contributed by atoms with E-state index < -0.39 is 5.41 Å². The van der Waals surface area contributed by atoms with E-state index >= 15 is 0 Å². The minimum Gasteiger partial charge on any atom is -0.469 e. The zero-order valence-corrected chi connectivity index (χ0v) is 19.1. The molecule has 0 radical (unpaired) electrons. The average Bonchev–Trinajstić information content (AvgIpc) is 3.31. The molecule has 168 valence electrons. The van der Waals surface area contributed by atoms with E-state index in [-0.39, 0.29) is 18.3 Å². The van der Waals surface area contributed by atoms with Crippen LogP contribution in [0, 0.1) is 0 Å². The van der Waals surface area contributed by atoms with Crippen molar-refractivity contribution < 1.29 is 14.3 Å². The Balaban J connectivity index is 1.63. The van der Waals surface area contributed by atoms with Gasteiger partial charge in [0.25, 0.3) is 5.91 Å². The number of nitrogens with zero attached hydrogens (tertiary/aromatic N) is 4. The van der Waals surface area contributed by atoms with Gasteiger partial charge in [-0.25, -0.2) is 9.50 Å². The molecule has 0 aliphatic carbocycles. The molecule has 2 aromatic carbocycles. The molecule has 1 amide bonds. The van der Waals surface area contributed by atoms with Gasteiger partial charge in [0, 0.05) is 35.7 Å². The molecule has 0 aliphatic heterocycles. The Bertz CT molecular complexity index is 1290. The van der Waals surface area contributed by atoms with Crippen molar-refractivity contribution in [2.75, 3.05) is 19.1 Å². The van der Waals surface area contributed by atoms with Crippen molar-refractivity contribution in [1.82, 2.24) is 14.6 Å². The highest BCUT2D eigenvalue weighted by atomic mass is 16.5. The summed E-state index contributed by atoms with van der Waals surface area (Å²) in [5.41, 5.74) is 3.57. The first-order chi connectivity index (χ1) is 15.8. The minimum absolute atomic E-state index is 0.178. The number of benzene rings is 2.